The minimum absolute atomic E-state index is 0.402. The molecule has 3 saturated heterocycles. The van der Waals surface area contributed by atoms with Crippen molar-refractivity contribution >= 4 is 0 Å². The smallest absolute Gasteiger partial charge is 0.231 e. The highest BCUT2D eigenvalue weighted by molar-refractivity contribution is 5.08. The number of nitrogens with zero attached hydrogens (tertiary/aromatic N) is 3. The maximum absolute atomic E-state index is 5.58. The van der Waals surface area contributed by atoms with Crippen molar-refractivity contribution in [1.82, 2.24) is 20.4 Å². The van der Waals surface area contributed by atoms with Gasteiger partial charge in [0.15, 0.2) is 5.82 Å². The Bertz CT molecular complexity index is 474. The first-order chi connectivity index (χ1) is 9.72. The summed E-state index contributed by atoms with van der Waals surface area (Å²) in [5.74, 6) is 3.31. The van der Waals surface area contributed by atoms with Crippen LogP contribution in [0.1, 0.15) is 56.2 Å². The lowest BCUT2D eigenvalue weighted by atomic mass is 9.90. The highest BCUT2D eigenvalue weighted by atomic mass is 16.5. The van der Waals surface area contributed by atoms with Gasteiger partial charge in [0.05, 0.1) is 5.92 Å². The molecule has 0 amide bonds. The first-order valence-corrected chi connectivity index (χ1v) is 7.98. The standard InChI is InChI=1S/C15H24N4O/c1-9-7-16-8-13(9)15-17-14(18-20-15)10-5-11-3-4-12(6-10)19(11)2/h9-13,16H,3-8H2,1-2H3. The quantitative estimate of drug-likeness (QED) is 0.891. The highest BCUT2D eigenvalue weighted by Gasteiger charge is 2.41. The van der Waals surface area contributed by atoms with Gasteiger partial charge in [-0.3, -0.25) is 0 Å². The van der Waals surface area contributed by atoms with E-state index >= 15 is 0 Å². The number of hydrogen-bond acceptors (Lipinski definition) is 5. The molecule has 0 spiro atoms. The third-order valence-corrected chi connectivity index (χ3v) is 5.76. The van der Waals surface area contributed by atoms with E-state index in [2.05, 4.69) is 29.3 Å². The molecule has 3 aliphatic heterocycles. The van der Waals surface area contributed by atoms with E-state index in [9.17, 15) is 0 Å². The van der Waals surface area contributed by atoms with Gasteiger partial charge in [0, 0.05) is 24.5 Å². The van der Waals surface area contributed by atoms with Gasteiger partial charge in [-0.2, -0.15) is 4.98 Å². The van der Waals surface area contributed by atoms with Crippen LogP contribution in [0.4, 0.5) is 0 Å². The lowest BCUT2D eigenvalue weighted by molar-refractivity contribution is 0.157. The third-order valence-electron chi connectivity index (χ3n) is 5.76. The predicted molar refractivity (Wildman–Crippen MR) is 75.6 cm³/mol. The van der Waals surface area contributed by atoms with E-state index in [0.717, 1.165) is 36.9 Å². The molecule has 0 radical (unpaired) electrons. The molecule has 0 aliphatic carbocycles. The summed E-state index contributed by atoms with van der Waals surface area (Å²) in [6.45, 7) is 4.28. The number of hydrogen-bond donors (Lipinski definition) is 1. The van der Waals surface area contributed by atoms with Crippen LogP contribution in [0.5, 0.6) is 0 Å². The molecule has 3 fully saturated rings. The molecule has 1 aromatic rings. The molecule has 5 heteroatoms. The third kappa shape index (κ3) is 1.99. The average molecular weight is 276 g/mol. The summed E-state index contributed by atoms with van der Waals surface area (Å²) < 4.78 is 5.58. The zero-order valence-electron chi connectivity index (χ0n) is 12.4. The summed E-state index contributed by atoms with van der Waals surface area (Å²) in [6, 6.07) is 1.46. The second-order valence-corrected chi connectivity index (χ2v) is 6.95. The van der Waals surface area contributed by atoms with Gasteiger partial charge in [0.25, 0.3) is 0 Å². The summed E-state index contributed by atoms with van der Waals surface area (Å²) in [5.41, 5.74) is 0. The van der Waals surface area contributed by atoms with Crippen LogP contribution >= 0.6 is 0 Å². The van der Waals surface area contributed by atoms with Crippen molar-refractivity contribution in [2.45, 2.75) is 56.5 Å². The molecular formula is C15H24N4O. The van der Waals surface area contributed by atoms with Gasteiger partial charge in [-0.1, -0.05) is 12.1 Å². The SMILES string of the molecule is CC1CNCC1c1nc(C2CC3CCC(C2)N3C)no1. The topological polar surface area (TPSA) is 54.2 Å². The van der Waals surface area contributed by atoms with Crippen molar-refractivity contribution in [2.75, 3.05) is 20.1 Å². The molecule has 5 nitrogen and oxygen atoms in total. The molecule has 3 aliphatic rings. The van der Waals surface area contributed by atoms with Gasteiger partial charge >= 0.3 is 0 Å². The zero-order valence-corrected chi connectivity index (χ0v) is 12.4. The Morgan fingerprint density at radius 3 is 2.60 bits per heavy atom. The van der Waals surface area contributed by atoms with E-state index < -0.39 is 0 Å². The first-order valence-electron chi connectivity index (χ1n) is 7.98. The normalized spacial score (nSPS) is 41.4. The Kier molecular flexibility index (Phi) is 3.07. The van der Waals surface area contributed by atoms with Gasteiger partial charge in [0.1, 0.15) is 0 Å². The number of aromatic nitrogens is 2. The fourth-order valence-electron chi connectivity index (χ4n) is 4.33. The summed E-state index contributed by atoms with van der Waals surface area (Å²) >= 11 is 0. The van der Waals surface area contributed by atoms with E-state index in [1.165, 1.54) is 25.7 Å². The van der Waals surface area contributed by atoms with Crippen LogP contribution in [0.3, 0.4) is 0 Å². The van der Waals surface area contributed by atoms with Gasteiger partial charge in [-0.05, 0) is 45.2 Å². The largest absolute Gasteiger partial charge is 0.339 e. The molecule has 0 aromatic carbocycles. The molecule has 20 heavy (non-hydrogen) atoms. The molecule has 1 N–H and O–H groups in total. The van der Waals surface area contributed by atoms with Gasteiger partial charge in [-0.25, -0.2) is 0 Å². The Labute approximate surface area is 120 Å². The molecule has 2 bridgehead atoms. The van der Waals surface area contributed by atoms with Crippen LogP contribution in [0.2, 0.25) is 0 Å². The predicted octanol–water partition coefficient (Wildman–Crippen LogP) is 1.73. The number of fused-ring (bicyclic) bond motifs is 2. The monoisotopic (exact) mass is 276 g/mol. The minimum atomic E-state index is 0.402. The van der Waals surface area contributed by atoms with Crippen LogP contribution in [0.15, 0.2) is 4.52 Å². The molecular weight excluding hydrogens is 252 g/mol. The fraction of sp³-hybridized carbons (Fsp3) is 0.867. The van der Waals surface area contributed by atoms with Gasteiger partial charge in [0.2, 0.25) is 5.89 Å². The lowest BCUT2D eigenvalue weighted by Crippen LogP contribution is -2.39. The van der Waals surface area contributed by atoms with E-state index in [0.29, 0.717) is 17.8 Å². The Morgan fingerprint density at radius 1 is 1.20 bits per heavy atom. The van der Waals surface area contributed by atoms with E-state index in [1.807, 2.05) is 0 Å². The van der Waals surface area contributed by atoms with Gasteiger partial charge < -0.3 is 14.7 Å². The van der Waals surface area contributed by atoms with Crippen LogP contribution in [0.25, 0.3) is 0 Å². The second-order valence-electron chi connectivity index (χ2n) is 6.95. The van der Waals surface area contributed by atoms with Gasteiger partial charge in [-0.15, -0.1) is 0 Å². The van der Waals surface area contributed by atoms with E-state index in [-0.39, 0.29) is 0 Å². The van der Waals surface area contributed by atoms with Crippen molar-refractivity contribution in [3.63, 3.8) is 0 Å². The van der Waals surface area contributed by atoms with Crippen molar-refractivity contribution < 1.29 is 4.52 Å². The zero-order chi connectivity index (χ0) is 13.7. The summed E-state index contributed by atoms with van der Waals surface area (Å²) in [4.78, 5) is 7.31. The average Bonchev–Trinajstić information content (AvgIpc) is 3.10. The maximum Gasteiger partial charge on any atom is 0.231 e. The Balaban J connectivity index is 1.51. The summed E-state index contributed by atoms with van der Waals surface area (Å²) in [6.07, 6.45) is 5.08. The molecule has 110 valence electrons. The Morgan fingerprint density at radius 2 is 1.95 bits per heavy atom. The van der Waals surface area contributed by atoms with Crippen molar-refractivity contribution in [1.29, 1.82) is 0 Å². The lowest BCUT2D eigenvalue weighted by Gasteiger charge is -2.34. The molecule has 4 atom stereocenters. The minimum Gasteiger partial charge on any atom is -0.339 e. The van der Waals surface area contributed by atoms with Crippen LogP contribution in [-0.4, -0.2) is 47.3 Å². The van der Waals surface area contributed by atoms with Crippen LogP contribution in [0, 0.1) is 5.92 Å². The number of piperidine rings is 1. The highest BCUT2D eigenvalue weighted by Crippen LogP contribution is 2.41. The number of rotatable bonds is 2. The number of nitrogens with one attached hydrogen (secondary N) is 1. The van der Waals surface area contributed by atoms with Crippen LogP contribution in [-0.2, 0) is 0 Å². The first kappa shape index (κ1) is 12.8. The van der Waals surface area contributed by atoms with Crippen molar-refractivity contribution in [3.05, 3.63) is 11.7 Å². The molecule has 4 unspecified atom stereocenters. The van der Waals surface area contributed by atoms with Crippen molar-refractivity contribution in [3.8, 4) is 0 Å². The van der Waals surface area contributed by atoms with E-state index in [1.54, 1.807) is 0 Å². The van der Waals surface area contributed by atoms with Crippen LogP contribution < -0.4 is 5.32 Å². The van der Waals surface area contributed by atoms with E-state index in [4.69, 9.17) is 9.51 Å². The molecule has 1 aromatic heterocycles. The second kappa shape index (κ2) is 4.81. The fourth-order valence-corrected chi connectivity index (χ4v) is 4.33. The summed E-state index contributed by atoms with van der Waals surface area (Å²) in [7, 11) is 2.27. The summed E-state index contributed by atoms with van der Waals surface area (Å²) in [5, 5.41) is 7.71. The maximum atomic E-state index is 5.58. The molecule has 4 heterocycles. The molecule has 0 saturated carbocycles. The molecule has 4 rings (SSSR count). The Hall–Kier alpha value is -0.940. The van der Waals surface area contributed by atoms with Crippen molar-refractivity contribution in [2.24, 2.45) is 5.92 Å².